The van der Waals surface area contributed by atoms with Gasteiger partial charge < -0.3 is 19.9 Å². The van der Waals surface area contributed by atoms with Crippen molar-refractivity contribution < 1.29 is 14.3 Å². The van der Waals surface area contributed by atoms with E-state index in [4.69, 9.17) is 4.74 Å². The first-order chi connectivity index (χ1) is 11.2. The normalized spacial score (nSPS) is 24.0. The number of amides is 3. The van der Waals surface area contributed by atoms with Crippen LogP contribution in [0.15, 0.2) is 30.3 Å². The molecule has 2 aliphatic heterocycles. The molecule has 23 heavy (non-hydrogen) atoms. The van der Waals surface area contributed by atoms with Gasteiger partial charge in [-0.1, -0.05) is 18.2 Å². The number of hydrogen-bond acceptors (Lipinski definition) is 3. The van der Waals surface area contributed by atoms with Crippen LogP contribution in [0.4, 0.5) is 10.5 Å². The van der Waals surface area contributed by atoms with Crippen LogP contribution in [0.5, 0.6) is 0 Å². The number of rotatable bonds is 4. The largest absolute Gasteiger partial charge is 0.376 e. The standard InChI is InChI=1S/C17H23N3O3/c1-19(17(22)18-12-14-8-5-11-23-14)15-9-10-20(16(15)21)13-6-3-2-4-7-13/h2-4,6-7,14-15H,5,8-12H2,1H3,(H,18,22)/t14-,15+/m1/s1. The van der Waals surface area contributed by atoms with Gasteiger partial charge in [0.15, 0.2) is 0 Å². The topological polar surface area (TPSA) is 61.9 Å². The summed E-state index contributed by atoms with van der Waals surface area (Å²) in [5, 5.41) is 2.87. The Hall–Kier alpha value is -2.08. The molecule has 2 atom stereocenters. The predicted octanol–water partition coefficient (Wildman–Crippen LogP) is 1.61. The van der Waals surface area contributed by atoms with E-state index in [1.807, 2.05) is 30.3 Å². The number of nitrogens with zero attached hydrogens (tertiary/aromatic N) is 2. The minimum absolute atomic E-state index is 0.0223. The molecule has 2 heterocycles. The molecule has 3 rings (SSSR count). The molecule has 0 spiro atoms. The lowest BCUT2D eigenvalue weighted by Crippen LogP contribution is -2.48. The number of hydrogen-bond donors (Lipinski definition) is 1. The first-order valence-electron chi connectivity index (χ1n) is 8.15. The van der Waals surface area contributed by atoms with Gasteiger partial charge in [0.25, 0.3) is 0 Å². The van der Waals surface area contributed by atoms with Crippen LogP contribution in [0.3, 0.4) is 0 Å². The van der Waals surface area contributed by atoms with Gasteiger partial charge in [-0.3, -0.25) is 4.79 Å². The van der Waals surface area contributed by atoms with Crippen LogP contribution in [0.1, 0.15) is 19.3 Å². The van der Waals surface area contributed by atoms with Crippen LogP contribution in [-0.4, -0.2) is 55.7 Å². The second-order valence-electron chi connectivity index (χ2n) is 6.06. The number of likely N-dealkylation sites (N-methyl/N-ethyl adjacent to an activating group) is 1. The van der Waals surface area contributed by atoms with Crippen molar-refractivity contribution in [2.24, 2.45) is 0 Å². The Morgan fingerprint density at radius 3 is 2.83 bits per heavy atom. The van der Waals surface area contributed by atoms with Crippen LogP contribution in [0, 0.1) is 0 Å². The Morgan fingerprint density at radius 1 is 1.35 bits per heavy atom. The third-order valence-electron chi connectivity index (χ3n) is 4.54. The number of benzene rings is 1. The maximum Gasteiger partial charge on any atom is 0.317 e. The number of nitrogens with one attached hydrogen (secondary N) is 1. The highest BCUT2D eigenvalue weighted by Gasteiger charge is 2.37. The summed E-state index contributed by atoms with van der Waals surface area (Å²) in [5.74, 6) is -0.0223. The second-order valence-corrected chi connectivity index (χ2v) is 6.06. The molecule has 0 radical (unpaired) electrons. The number of carbonyl (C=O) groups is 2. The van der Waals surface area contributed by atoms with E-state index in [-0.39, 0.29) is 18.0 Å². The molecule has 0 aliphatic carbocycles. The molecule has 2 fully saturated rings. The molecule has 1 N–H and O–H groups in total. The van der Waals surface area contributed by atoms with Gasteiger partial charge in [-0.05, 0) is 31.4 Å². The van der Waals surface area contributed by atoms with Crippen molar-refractivity contribution in [1.29, 1.82) is 0 Å². The van der Waals surface area contributed by atoms with Gasteiger partial charge in [-0.25, -0.2) is 4.79 Å². The maximum atomic E-state index is 12.6. The minimum atomic E-state index is -0.403. The third kappa shape index (κ3) is 3.47. The molecule has 1 aromatic carbocycles. The molecule has 6 nitrogen and oxygen atoms in total. The lowest BCUT2D eigenvalue weighted by atomic mass is 10.2. The Balaban J connectivity index is 1.56. The van der Waals surface area contributed by atoms with Gasteiger partial charge >= 0.3 is 6.03 Å². The summed E-state index contributed by atoms with van der Waals surface area (Å²) in [6, 6.07) is 8.96. The fourth-order valence-corrected chi connectivity index (χ4v) is 3.16. The van der Waals surface area contributed by atoms with Gasteiger partial charge in [-0.2, -0.15) is 0 Å². The zero-order valence-electron chi connectivity index (χ0n) is 13.4. The summed E-state index contributed by atoms with van der Waals surface area (Å²) in [7, 11) is 1.68. The second kappa shape index (κ2) is 7.00. The Bertz CT molecular complexity index is 557. The monoisotopic (exact) mass is 317 g/mol. The van der Waals surface area contributed by atoms with E-state index in [1.165, 1.54) is 4.90 Å². The summed E-state index contributed by atoms with van der Waals surface area (Å²) in [4.78, 5) is 28.1. The van der Waals surface area contributed by atoms with Gasteiger partial charge in [-0.15, -0.1) is 0 Å². The quantitative estimate of drug-likeness (QED) is 0.918. The van der Waals surface area contributed by atoms with Gasteiger partial charge in [0.05, 0.1) is 6.10 Å². The molecule has 124 valence electrons. The lowest BCUT2D eigenvalue weighted by molar-refractivity contribution is -0.120. The van der Waals surface area contributed by atoms with Crippen LogP contribution < -0.4 is 10.2 Å². The number of ether oxygens (including phenoxy) is 1. The van der Waals surface area contributed by atoms with E-state index in [1.54, 1.807) is 11.9 Å². The molecule has 2 aliphatic rings. The van der Waals surface area contributed by atoms with Crippen molar-refractivity contribution in [2.75, 3.05) is 31.6 Å². The van der Waals surface area contributed by atoms with Crippen molar-refractivity contribution in [1.82, 2.24) is 10.2 Å². The summed E-state index contributed by atoms with van der Waals surface area (Å²) in [5.41, 5.74) is 0.883. The molecule has 6 heteroatoms. The summed E-state index contributed by atoms with van der Waals surface area (Å²) < 4.78 is 5.50. The van der Waals surface area contributed by atoms with Crippen LogP contribution in [-0.2, 0) is 9.53 Å². The van der Waals surface area contributed by atoms with Crippen LogP contribution in [0.25, 0.3) is 0 Å². The number of para-hydroxylation sites is 1. The average molecular weight is 317 g/mol. The highest BCUT2D eigenvalue weighted by atomic mass is 16.5. The smallest absolute Gasteiger partial charge is 0.317 e. The Morgan fingerprint density at radius 2 is 2.13 bits per heavy atom. The lowest BCUT2D eigenvalue weighted by Gasteiger charge is -2.25. The van der Waals surface area contributed by atoms with Crippen molar-refractivity contribution in [3.05, 3.63) is 30.3 Å². The number of anilines is 1. The zero-order chi connectivity index (χ0) is 16.2. The molecule has 3 amide bonds. The number of carbonyl (C=O) groups excluding carboxylic acids is 2. The molecule has 2 saturated heterocycles. The van der Waals surface area contributed by atoms with Crippen molar-refractivity contribution in [2.45, 2.75) is 31.4 Å². The van der Waals surface area contributed by atoms with Crippen molar-refractivity contribution >= 4 is 17.6 Å². The van der Waals surface area contributed by atoms with Crippen LogP contribution >= 0.6 is 0 Å². The van der Waals surface area contributed by atoms with Crippen LogP contribution in [0.2, 0.25) is 0 Å². The third-order valence-corrected chi connectivity index (χ3v) is 4.54. The molecule has 0 unspecified atom stereocenters. The average Bonchev–Trinajstić information content (AvgIpc) is 3.22. The Kier molecular flexibility index (Phi) is 4.81. The highest BCUT2D eigenvalue weighted by molar-refractivity contribution is 6.01. The first-order valence-corrected chi connectivity index (χ1v) is 8.15. The van der Waals surface area contributed by atoms with Crippen molar-refractivity contribution in [3.63, 3.8) is 0 Å². The SMILES string of the molecule is CN(C(=O)NC[C@H]1CCCO1)[C@H]1CCN(c2ccccc2)C1=O. The molecular weight excluding hydrogens is 294 g/mol. The molecular formula is C17H23N3O3. The molecule has 0 aromatic heterocycles. The van der Waals surface area contributed by atoms with E-state index in [0.29, 0.717) is 19.5 Å². The molecule has 0 saturated carbocycles. The predicted molar refractivity (Wildman–Crippen MR) is 87.3 cm³/mol. The number of urea groups is 1. The van der Waals surface area contributed by atoms with Gasteiger partial charge in [0.1, 0.15) is 6.04 Å². The Labute approximate surface area is 136 Å². The summed E-state index contributed by atoms with van der Waals surface area (Å²) >= 11 is 0. The van der Waals surface area contributed by atoms with Gasteiger partial charge in [0.2, 0.25) is 5.91 Å². The minimum Gasteiger partial charge on any atom is -0.376 e. The highest BCUT2D eigenvalue weighted by Crippen LogP contribution is 2.23. The van der Waals surface area contributed by atoms with Gasteiger partial charge in [0, 0.05) is 32.4 Å². The fourth-order valence-electron chi connectivity index (χ4n) is 3.16. The van der Waals surface area contributed by atoms with E-state index in [2.05, 4.69) is 5.32 Å². The summed E-state index contributed by atoms with van der Waals surface area (Å²) in [6.45, 7) is 1.91. The van der Waals surface area contributed by atoms with E-state index < -0.39 is 6.04 Å². The molecule has 1 aromatic rings. The van der Waals surface area contributed by atoms with E-state index >= 15 is 0 Å². The maximum absolute atomic E-state index is 12.6. The van der Waals surface area contributed by atoms with Crippen molar-refractivity contribution in [3.8, 4) is 0 Å². The first kappa shape index (κ1) is 15.8. The van der Waals surface area contributed by atoms with E-state index in [0.717, 1.165) is 25.1 Å². The summed E-state index contributed by atoms with van der Waals surface area (Å²) in [6.07, 6.45) is 2.78. The van der Waals surface area contributed by atoms with E-state index in [9.17, 15) is 9.59 Å². The molecule has 0 bridgehead atoms. The zero-order valence-corrected chi connectivity index (χ0v) is 13.4. The fraction of sp³-hybridized carbons (Fsp3) is 0.529.